The van der Waals surface area contributed by atoms with Crippen LogP contribution < -0.4 is 10.6 Å². The van der Waals surface area contributed by atoms with Gasteiger partial charge in [-0.3, -0.25) is 4.79 Å². The molecule has 0 saturated carbocycles. The number of carbonyl (C=O) groups excluding carboxylic acids is 1. The second-order valence-corrected chi connectivity index (χ2v) is 8.03. The average molecular weight is 383 g/mol. The van der Waals surface area contributed by atoms with Gasteiger partial charge < -0.3 is 15.5 Å². The monoisotopic (exact) mass is 382 g/mol. The number of anilines is 1. The van der Waals surface area contributed by atoms with Crippen LogP contribution in [0, 0.1) is 13.8 Å². The second kappa shape index (κ2) is 8.31. The minimum atomic E-state index is 0.0201. The topological polar surface area (TPSA) is 75.1 Å². The van der Waals surface area contributed by atoms with Gasteiger partial charge in [0, 0.05) is 24.8 Å². The van der Waals surface area contributed by atoms with E-state index in [0.717, 1.165) is 63.2 Å². The van der Waals surface area contributed by atoms with Gasteiger partial charge in [-0.25, -0.2) is 4.68 Å². The van der Waals surface area contributed by atoms with Gasteiger partial charge in [0.25, 0.3) is 5.91 Å². The van der Waals surface area contributed by atoms with Crippen molar-refractivity contribution >= 4 is 11.6 Å². The third kappa shape index (κ3) is 4.04. The Hall–Kier alpha value is -2.41. The smallest absolute Gasteiger partial charge is 0.276 e. The van der Waals surface area contributed by atoms with Gasteiger partial charge in [-0.2, -0.15) is 0 Å². The molecule has 2 aliphatic heterocycles. The molecule has 150 valence electrons. The molecule has 0 unspecified atom stereocenters. The number of nitrogens with one attached hydrogen (secondary N) is 2. The van der Waals surface area contributed by atoms with Gasteiger partial charge in [-0.1, -0.05) is 17.3 Å². The molecule has 0 bridgehead atoms. The third-order valence-corrected chi connectivity index (χ3v) is 5.96. The maximum absolute atomic E-state index is 13.0. The van der Waals surface area contributed by atoms with Crippen molar-refractivity contribution in [3.8, 4) is 0 Å². The molecule has 7 nitrogen and oxygen atoms in total. The van der Waals surface area contributed by atoms with E-state index < -0.39 is 0 Å². The van der Waals surface area contributed by atoms with Crippen molar-refractivity contribution in [2.45, 2.75) is 51.6 Å². The van der Waals surface area contributed by atoms with E-state index >= 15 is 0 Å². The molecule has 0 radical (unpaired) electrons. The Morgan fingerprint density at radius 3 is 2.61 bits per heavy atom. The lowest BCUT2D eigenvalue weighted by Gasteiger charge is -2.32. The van der Waals surface area contributed by atoms with Gasteiger partial charge in [0.2, 0.25) is 0 Å². The lowest BCUT2D eigenvalue weighted by atomic mass is 10.0. The fourth-order valence-corrected chi connectivity index (χ4v) is 4.28. The summed E-state index contributed by atoms with van der Waals surface area (Å²) < 4.78 is 1.96. The largest absolute Gasteiger partial charge is 0.382 e. The van der Waals surface area contributed by atoms with Gasteiger partial charge >= 0.3 is 0 Å². The number of benzene rings is 1. The molecule has 2 N–H and O–H groups in total. The molecule has 0 aliphatic carbocycles. The Morgan fingerprint density at radius 2 is 1.89 bits per heavy atom. The number of likely N-dealkylation sites (tertiary alicyclic amines) is 1. The summed E-state index contributed by atoms with van der Waals surface area (Å²) in [6.07, 6.45) is 3.96. The maximum Gasteiger partial charge on any atom is 0.276 e. The first-order valence-electron chi connectivity index (χ1n) is 10.4. The standard InChI is InChI=1S/C21H30N6O/c1-15-4-3-5-18(14-15)23-17-8-12-26(13-9-17)21(28)20-16(2)27(25-24-20)19-6-10-22-11-7-19/h3-5,14,17,19,22-23H,6-13H2,1-2H3. The molecule has 2 aliphatic rings. The molecule has 3 heterocycles. The Morgan fingerprint density at radius 1 is 1.14 bits per heavy atom. The first-order valence-corrected chi connectivity index (χ1v) is 10.4. The van der Waals surface area contributed by atoms with Crippen LogP contribution >= 0.6 is 0 Å². The van der Waals surface area contributed by atoms with Crippen molar-refractivity contribution in [3.63, 3.8) is 0 Å². The molecule has 0 spiro atoms. The maximum atomic E-state index is 13.0. The summed E-state index contributed by atoms with van der Waals surface area (Å²) in [5.41, 5.74) is 3.83. The Balaban J connectivity index is 1.36. The zero-order valence-electron chi connectivity index (χ0n) is 16.8. The molecule has 1 aromatic heterocycles. The summed E-state index contributed by atoms with van der Waals surface area (Å²) in [5.74, 6) is 0.0201. The van der Waals surface area contributed by atoms with Gasteiger partial charge in [0.15, 0.2) is 5.69 Å². The molecule has 2 saturated heterocycles. The molecule has 2 fully saturated rings. The second-order valence-electron chi connectivity index (χ2n) is 8.03. The highest BCUT2D eigenvalue weighted by Crippen LogP contribution is 2.23. The normalized spacial score (nSPS) is 19.0. The Bertz CT molecular complexity index is 818. The lowest BCUT2D eigenvalue weighted by Crippen LogP contribution is -2.42. The van der Waals surface area contributed by atoms with Gasteiger partial charge in [-0.05, 0) is 70.3 Å². The number of aryl methyl sites for hydroxylation is 1. The molecule has 2 aromatic rings. The molecule has 1 amide bonds. The molecule has 4 rings (SSSR count). The summed E-state index contributed by atoms with van der Waals surface area (Å²) in [4.78, 5) is 14.9. The van der Waals surface area contributed by atoms with Crippen LogP contribution in [0.25, 0.3) is 0 Å². The van der Waals surface area contributed by atoms with Crippen molar-refractivity contribution < 1.29 is 4.79 Å². The predicted molar refractivity (Wildman–Crippen MR) is 110 cm³/mol. The fourth-order valence-electron chi connectivity index (χ4n) is 4.28. The average Bonchev–Trinajstić information content (AvgIpc) is 3.10. The highest BCUT2D eigenvalue weighted by atomic mass is 16.2. The number of amides is 1. The van der Waals surface area contributed by atoms with Crippen LogP contribution in [0.3, 0.4) is 0 Å². The molecule has 0 atom stereocenters. The Kier molecular flexibility index (Phi) is 5.62. The number of carbonyl (C=O) groups is 1. The van der Waals surface area contributed by atoms with E-state index in [1.165, 1.54) is 5.56 Å². The van der Waals surface area contributed by atoms with E-state index in [1.807, 2.05) is 16.5 Å². The predicted octanol–water partition coefficient (Wildman–Crippen LogP) is 2.54. The van der Waals surface area contributed by atoms with E-state index in [1.54, 1.807) is 0 Å². The van der Waals surface area contributed by atoms with E-state index in [0.29, 0.717) is 17.8 Å². The molecular formula is C21H30N6O. The van der Waals surface area contributed by atoms with Crippen LogP contribution in [0.2, 0.25) is 0 Å². The van der Waals surface area contributed by atoms with Gasteiger partial charge in [0.05, 0.1) is 11.7 Å². The lowest BCUT2D eigenvalue weighted by molar-refractivity contribution is 0.0711. The number of hydrogen-bond acceptors (Lipinski definition) is 5. The number of aromatic nitrogens is 3. The van der Waals surface area contributed by atoms with Crippen molar-refractivity contribution in [2.24, 2.45) is 0 Å². The summed E-state index contributed by atoms with van der Waals surface area (Å²) >= 11 is 0. The van der Waals surface area contributed by atoms with E-state index in [9.17, 15) is 4.79 Å². The first kappa shape index (κ1) is 18.9. The van der Waals surface area contributed by atoms with Gasteiger partial charge in [0.1, 0.15) is 0 Å². The quantitative estimate of drug-likeness (QED) is 0.850. The number of rotatable bonds is 4. The summed E-state index contributed by atoms with van der Waals surface area (Å²) in [5, 5.41) is 15.5. The van der Waals surface area contributed by atoms with Crippen LogP contribution in [0.15, 0.2) is 24.3 Å². The molecular weight excluding hydrogens is 352 g/mol. The number of nitrogens with zero attached hydrogens (tertiary/aromatic N) is 4. The zero-order chi connectivity index (χ0) is 19.5. The van der Waals surface area contributed by atoms with Crippen LogP contribution in [0.1, 0.15) is 53.5 Å². The van der Waals surface area contributed by atoms with Crippen molar-refractivity contribution in [3.05, 3.63) is 41.2 Å². The fraction of sp³-hybridized carbons (Fsp3) is 0.571. The minimum absolute atomic E-state index is 0.0201. The third-order valence-electron chi connectivity index (χ3n) is 5.96. The van der Waals surface area contributed by atoms with Crippen molar-refractivity contribution in [2.75, 3.05) is 31.5 Å². The van der Waals surface area contributed by atoms with E-state index in [2.05, 4.69) is 52.1 Å². The van der Waals surface area contributed by atoms with Crippen LogP contribution in [0.4, 0.5) is 5.69 Å². The van der Waals surface area contributed by atoms with Crippen LogP contribution in [0.5, 0.6) is 0 Å². The van der Waals surface area contributed by atoms with Crippen LogP contribution in [-0.4, -0.2) is 58.0 Å². The molecule has 1 aromatic carbocycles. The van der Waals surface area contributed by atoms with Crippen LogP contribution in [-0.2, 0) is 0 Å². The van der Waals surface area contributed by atoms with Gasteiger partial charge in [-0.15, -0.1) is 5.10 Å². The highest BCUT2D eigenvalue weighted by molar-refractivity contribution is 5.93. The summed E-state index contributed by atoms with van der Waals surface area (Å²) in [7, 11) is 0. The van der Waals surface area contributed by atoms with Crippen molar-refractivity contribution in [1.82, 2.24) is 25.2 Å². The number of piperidine rings is 2. The summed E-state index contributed by atoms with van der Waals surface area (Å²) in [6, 6.07) is 9.20. The molecule has 28 heavy (non-hydrogen) atoms. The SMILES string of the molecule is Cc1cccc(NC2CCN(C(=O)c3nnn(C4CCNCC4)c3C)CC2)c1. The van der Waals surface area contributed by atoms with E-state index in [4.69, 9.17) is 0 Å². The zero-order valence-corrected chi connectivity index (χ0v) is 16.8. The Labute approximate surface area is 166 Å². The minimum Gasteiger partial charge on any atom is -0.382 e. The van der Waals surface area contributed by atoms with E-state index in [-0.39, 0.29) is 5.91 Å². The summed E-state index contributed by atoms with van der Waals surface area (Å²) in [6.45, 7) is 7.57. The first-order chi connectivity index (χ1) is 13.6. The van der Waals surface area contributed by atoms with Crippen molar-refractivity contribution in [1.29, 1.82) is 0 Å². The number of hydrogen-bond donors (Lipinski definition) is 2. The molecule has 7 heteroatoms. The highest BCUT2D eigenvalue weighted by Gasteiger charge is 2.28.